The second-order valence-corrected chi connectivity index (χ2v) is 4.98. The van der Waals surface area contributed by atoms with Crippen LogP contribution in [0.4, 0.5) is 0 Å². The maximum absolute atomic E-state index is 12.6. The van der Waals surface area contributed by atoms with Gasteiger partial charge < -0.3 is 10.0 Å². The molecular weight excluding hydrogens is 240 g/mol. The highest BCUT2D eigenvalue weighted by Gasteiger charge is 2.28. The van der Waals surface area contributed by atoms with Crippen molar-refractivity contribution in [2.45, 2.75) is 38.6 Å². The fourth-order valence-corrected chi connectivity index (χ4v) is 2.67. The standard InChI is InChI=1S/C15H18N2O2/c1-11-13(7-4-8-14(11)18)15(19)17(10-9-16)12-5-2-3-6-12/h4,7-8,12,18H,2-3,5-6,10H2,1H3. The molecule has 0 aromatic heterocycles. The van der Waals surface area contributed by atoms with Crippen LogP contribution in [0, 0.1) is 18.3 Å². The molecule has 1 aromatic carbocycles. The number of aromatic hydroxyl groups is 1. The Balaban J connectivity index is 2.28. The van der Waals surface area contributed by atoms with Crippen LogP contribution < -0.4 is 0 Å². The van der Waals surface area contributed by atoms with Crippen molar-refractivity contribution in [2.24, 2.45) is 0 Å². The number of hydrogen-bond acceptors (Lipinski definition) is 3. The van der Waals surface area contributed by atoms with Crippen molar-refractivity contribution in [2.75, 3.05) is 6.54 Å². The van der Waals surface area contributed by atoms with E-state index in [1.54, 1.807) is 30.0 Å². The van der Waals surface area contributed by atoms with Gasteiger partial charge in [0.25, 0.3) is 5.91 Å². The zero-order chi connectivity index (χ0) is 13.8. The summed E-state index contributed by atoms with van der Waals surface area (Å²) in [5.74, 6) is -0.0315. The zero-order valence-electron chi connectivity index (χ0n) is 11.1. The predicted molar refractivity (Wildman–Crippen MR) is 71.7 cm³/mol. The third kappa shape index (κ3) is 2.70. The van der Waals surface area contributed by atoms with Gasteiger partial charge in [-0.2, -0.15) is 5.26 Å². The van der Waals surface area contributed by atoms with Crippen molar-refractivity contribution in [3.8, 4) is 11.8 Å². The van der Waals surface area contributed by atoms with E-state index in [1.807, 2.05) is 0 Å². The fourth-order valence-electron chi connectivity index (χ4n) is 2.67. The second-order valence-electron chi connectivity index (χ2n) is 4.98. The highest BCUT2D eigenvalue weighted by Crippen LogP contribution is 2.27. The van der Waals surface area contributed by atoms with Crippen molar-refractivity contribution in [1.82, 2.24) is 4.90 Å². The molecule has 1 N–H and O–H groups in total. The molecule has 0 unspecified atom stereocenters. The summed E-state index contributed by atoms with van der Waals surface area (Å²) in [5, 5.41) is 18.6. The van der Waals surface area contributed by atoms with Crippen LogP contribution in [-0.2, 0) is 0 Å². The number of nitrogens with zero attached hydrogens (tertiary/aromatic N) is 2. The van der Waals surface area contributed by atoms with Crippen LogP contribution in [-0.4, -0.2) is 28.5 Å². The number of phenols is 1. The number of carbonyl (C=O) groups is 1. The summed E-state index contributed by atoms with van der Waals surface area (Å²) in [7, 11) is 0. The lowest BCUT2D eigenvalue weighted by Crippen LogP contribution is -2.39. The average molecular weight is 258 g/mol. The Bertz CT molecular complexity index is 513. The summed E-state index contributed by atoms with van der Waals surface area (Å²) in [6, 6.07) is 7.17. The third-order valence-corrected chi connectivity index (χ3v) is 3.80. The molecule has 19 heavy (non-hydrogen) atoms. The van der Waals surface area contributed by atoms with Gasteiger partial charge in [0.05, 0.1) is 6.07 Å². The lowest BCUT2D eigenvalue weighted by atomic mass is 10.0. The molecule has 1 aromatic rings. The first kappa shape index (κ1) is 13.4. The molecule has 1 fully saturated rings. The normalized spacial score (nSPS) is 15.2. The molecule has 0 heterocycles. The maximum Gasteiger partial charge on any atom is 0.255 e. The summed E-state index contributed by atoms with van der Waals surface area (Å²) < 4.78 is 0. The molecule has 0 atom stereocenters. The first-order valence-electron chi connectivity index (χ1n) is 6.61. The second kappa shape index (κ2) is 5.75. The predicted octanol–water partition coefficient (Wildman–Crippen LogP) is 2.61. The Morgan fingerprint density at radius 2 is 2.16 bits per heavy atom. The van der Waals surface area contributed by atoms with E-state index < -0.39 is 0 Å². The molecule has 1 saturated carbocycles. The van der Waals surface area contributed by atoms with Gasteiger partial charge in [-0.3, -0.25) is 4.79 Å². The topological polar surface area (TPSA) is 64.3 Å². The SMILES string of the molecule is Cc1c(O)cccc1C(=O)N(CC#N)C1CCCC1. The van der Waals surface area contributed by atoms with Crippen molar-refractivity contribution < 1.29 is 9.90 Å². The molecule has 0 aliphatic heterocycles. The van der Waals surface area contributed by atoms with E-state index >= 15 is 0 Å². The maximum atomic E-state index is 12.6. The number of phenolic OH excluding ortho intramolecular Hbond substituents is 1. The molecule has 1 amide bonds. The average Bonchev–Trinajstić information content (AvgIpc) is 2.92. The molecular formula is C15H18N2O2. The smallest absolute Gasteiger partial charge is 0.255 e. The van der Waals surface area contributed by atoms with Gasteiger partial charge in [-0.25, -0.2) is 0 Å². The van der Waals surface area contributed by atoms with Gasteiger partial charge in [-0.1, -0.05) is 18.9 Å². The lowest BCUT2D eigenvalue weighted by Gasteiger charge is -2.27. The molecule has 4 heteroatoms. The van der Waals surface area contributed by atoms with E-state index in [0.717, 1.165) is 25.7 Å². The molecule has 2 rings (SSSR count). The van der Waals surface area contributed by atoms with Gasteiger partial charge in [0.1, 0.15) is 12.3 Å². The number of nitriles is 1. The van der Waals surface area contributed by atoms with E-state index in [1.165, 1.54) is 0 Å². The van der Waals surface area contributed by atoms with Gasteiger partial charge in [-0.15, -0.1) is 0 Å². The van der Waals surface area contributed by atoms with Gasteiger partial charge >= 0.3 is 0 Å². The summed E-state index contributed by atoms with van der Waals surface area (Å²) in [5.41, 5.74) is 1.07. The summed E-state index contributed by atoms with van der Waals surface area (Å²) in [6.07, 6.45) is 4.15. The Hall–Kier alpha value is -2.02. The Morgan fingerprint density at radius 3 is 2.79 bits per heavy atom. The summed E-state index contributed by atoms with van der Waals surface area (Å²) >= 11 is 0. The highest BCUT2D eigenvalue weighted by atomic mass is 16.3. The van der Waals surface area contributed by atoms with Crippen molar-refractivity contribution in [1.29, 1.82) is 5.26 Å². The Morgan fingerprint density at radius 1 is 1.47 bits per heavy atom. The number of hydrogen-bond donors (Lipinski definition) is 1. The van der Waals surface area contributed by atoms with Crippen LogP contribution in [0.3, 0.4) is 0 Å². The van der Waals surface area contributed by atoms with Crippen LogP contribution in [0.25, 0.3) is 0 Å². The molecule has 1 aliphatic carbocycles. The van der Waals surface area contributed by atoms with Crippen LogP contribution >= 0.6 is 0 Å². The number of benzene rings is 1. The molecule has 0 saturated heterocycles. The van der Waals surface area contributed by atoms with Gasteiger partial charge in [0, 0.05) is 17.2 Å². The third-order valence-electron chi connectivity index (χ3n) is 3.80. The van der Waals surface area contributed by atoms with E-state index in [0.29, 0.717) is 11.1 Å². The molecule has 100 valence electrons. The van der Waals surface area contributed by atoms with Crippen molar-refractivity contribution in [3.63, 3.8) is 0 Å². The molecule has 4 nitrogen and oxygen atoms in total. The van der Waals surface area contributed by atoms with Gasteiger partial charge in [0.2, 0.25) is 0 Å². The fraction of sp³-hybridized carbons (Fsp3) is 0.467. The molecule has 1 aliphatic rings. The monoisotopic (exact) mass is 258 g/mol. The van der Waals surface area contributed by atoms with Crippen LogP contribution in [0.5, 0.6) is 5.75 Å². The number of amides is 1. The van der Waals surface area contributed by atoms with Crippen molar-refractivity contribution in [3.05, 3.63) is 29.3 Å². The zero-order valence-corrected chi connectivity index (χ0v) is 11.1. The summed E-state index contributed by atoms with van der Waals surface area (Å²) in [4.78, 5) is 14.2. The molecule has 0 spiro atoms. The highest BCUT2D eigenvalue weighted by molar-refractivity contribution is 5.96. The van der Waals surface area contributed by atoms with E-state index in [4.69, 9.17) is 5.26 Å². The number of carbonyl (C=O) groups excluding carboxylic acids is 1. The lowest BCUT2D eigenvalue weighted by molar-refractivity contribution is 0.0708. The first-order valence-corrected chi connectivity index (χ1v) is 6.61. The minimum atomic E-state index is -0.151. The minimum absolute atomic E-state index is 0.110. The van der Waals surface area contributed by atoms with E-state index in [2.05, 4.69) is 6.07 Å². The van der Waals surface area contributed by atoms with E-state index in [9.17, 15) is 9.90 Å². The summed E-state index contributed by atoms with van der Waals surface area (Å²) in [6.45, 7) is 1.83. The Kier molecular flexibility index (Phi) is 4.06. The quantitative estimate of drug-likeness (QED) is 0.847. The first-order chi connectivity index (χ1) is 9.15. The van der Waals surface area contributed by atoms with Gasteiger partial charge in [-0.05, 0) is 31.9 Å². The number of rotatable bonds is 3. The van der Waals surface area contributed by atoms with Crippen LogP contribution in [0.15, 0.2) is 18.2 Å². The Labute approximate surface area is 113 Å². The van der Waals surface area contributed by atoms with E-state index in [-0.39, 0.29) is 24.2 Å². The van der Waals surface area contributed by atoms with Crippen molar-refractivity contribution >= 4 is 5.91 Å². The van der Waals surface area contributed by atoms with Gasteiger partial charge in [0.15, 0.2) is 0 Å². The van der Waals surface area contributed by atoms with Crippen LogP contribution in [0.1, 0.15) is 41.6 Å². The largest absolute Gasteiger partial charge is 0.508 e. The van der Waals surface area contributed by atoms with Crippen LogP contribution in [0.2, 0.25) is 0 Å². The molecule has 0 bridgehead atoms. The minimum Gasteiger partial charge on any atom is -0.508 e. The molecule has 0 radical (unpaired) electrons.